The number of hydrogen-bond acceptors (Lipinski definition) is 2. The summed E-state index contributed by atoms with van der Waals surface area (Å²) in [5, 5.41) is 3.41. The van der Waals surface area contributed by atoms with Gasteiger partial charge in [-0.2, -0.15) is 13.2 Å². The van der Waals surface area contributed by atoms with Crippen molar-refractivity contribution in [3.05, 3.63) is 58.1 Å². The Balaban J connectivity index is 1.73. The maximum atomic E-state index is 12.7. The van der Waals surface area contributed by atoms with Gasteiger partial charge < -0.3 is 10.2 Å². The van der Waals surface area contributed by atoms with E-state index in [4.69, 9.17) is 11.6 Å². The van der Waals surface area contributed by atoms with Crippen LogP contribution >= 0.6 is 11.6 Å². The maximum absolute atomic E-state index is 12.7. The third-order valence-corrected chi connectivity index (χ3v) is 5.24. The van der Waals surface area contributed by atoms with E-state index in [1.807, 2.05) is 26.8 Å². The average molecular weight is 425 g/mol. The second kappa shape index (κ2) is 7.90. The molecule has 156 valence electrons. The number of benzene rings is 2. The molecule has 0 aromatic heterocycles. The van der Waals surface area contributed by atoms with Crippen LogP contribution in [0.3, 0.4) is 0 Å². The van der Waals surface area contributed by atoms with Crippen LogP contribution in [-0.4, -0.2) is 12.5 Å². The third-order valence-electron chi connectivity index (χ3n) is 4.81. The standard InChI is InChI=1S/C22H24ClF3N2O/c1-21(2,3)12-19(29)27-17-8-9-18-16(20(17)23)10-11-28(18)13-14-4-6-15(7-5-14)22(24,25)26/h4-9H,10-13H2,1-3H3,(H,27,29). The Bertz CT molecular complexity index is 902. The van der Waals surface area contributed by atoms with Crippen LogP contribution in [0.4, 0.5) is 24.5 Å². The summed E-state index contributed by atoms with van der Waals surface area (Å²) in [7, 11) is 0. The molecule has 0 spiro atoms. The number of anilines is 2. The van der Waals surface area contributed by atoms with Gasteiger partial charge in [0.05, 0.1) is 16.3 Å². The molecule has 2 aromatic carbocycles. The smallest absolute Gasteiger partial charge is 0.367 e. The van der Waals surface area contributed by atoms with Crippen molar-refractivity contribution in [2.24, 2.45) is 5.41 Å². The van der Waals surface area contributed by atoms with Crippen molar-refractivity contribution >= 4 is 28.9 Å². The molecule has 0 radical (unpaired) electrons. The van der Waals surface area contributed by atoms with E-state index < -0.39 is 11.7 Å². The number of fused-ring (bicyclic) bond motifs is 1. The van der Waals surface area contributed by atoms with Crippen molar-refractivity contribution in [1.29, 1.82) is 0 Å². The first-order chi connectivity index (χ1) is 13.4. The van der Waals surface area contributed by atoms with E-state index in [9.17, 15) is 18.0 Å². The number of nitrogens with one attached hydrogen (secondary N) is 1. The fraction of sp³-hybridized carbons (Fsp3) is 0.409. The summed E-state index contributed by atoms with van der Waals surface area (Å²) >= 11 is 6.54. The highest BCUT2D eigenvalue weighted by molar-refractivity contribution is 6.35. The van der Waals surface area contributed by atoms with Gasteiger partial charge in [0.2, 0.25) is 5.91 Å². The molecular formula is C22H24ClF3N2O. The maximum Gasteiger partial charge on any atom is 0.416 e. The van der Waals surface area contributed by atoms with Crippen LogP contribution in [-0.2, 0) is 23.9 Å². The number of carbonyl (C=O) groups is 1. The van der Waals surface area contributed by atoms with E-state index in [0.717, 1.165) is 41.9 Å². The first-order valence-electron chi connectivity index (χ1n) is 9.46. The predicted molar refractivity (Wildman–Crippen MR) is 110 cm³/mol. The van der Waals surface area contributed by atoms with Crippen LogP contribution in [0.25, 0.3) is 0 Å². The molecule has 0 saturated heterocycles. The molecular weight excluding hydrogens is 401 g/mol. The lowest BCUT2D eigenvalue weighted by molar-refractivity contribution is -0.137. The minimum Gasteiger partial charge on any atom is -0.367 e. The molecule has 0 fully saturated rings. The Hall–Kier alpha value is -2.21. The van der Waals surface area contributed by atoms with Crippen LogP contribution in [0.15, 0.2) is 36.4 Å². The van der Waals surface area contributed by atoms with Crippen molar-refractivity contribution in [1.82, 2.24) is 0 Å². The lowest BCUT2D eigenvalue weighted by Crippen LogP contribution is -2.20. The molecule has 0 atom stereocenters. The fourth-order valence-electron chi connectivity index (χ4n) is 3.47. The number of carbonyl (C=O) groups excluding carboxylic acids is 1. The Kier molecular flexibility index (Phi) is 5.86. The Morgan fingerprint density at radius 3 is 2.34 bits per heavy atom. The fourth-order valence-corrected chi connectivity index (χ4v) is 3.77. The van der Waals surface area contributed by atoms with Gasteiger partial charge in [-0.3, -0.25) is 4.79 Å². The molecule has 29 heavy (non-hydrogen) atoms. The summed E-state index contributed by atoms with van der Waals surface area (Å²) in [6, 6.07) is 8.91. The van der Waals surface area contributed by atoms with Gasteiger partial charge in [-0.1, -0.05) is 44.5 Å². The van der Waals surface area contributed by atoms with E-state index in [1.165, 1.54) is 12.1 Å². The van der Waals surface area contributed by atoms with E-state index in [2.05, 4.69) is 10.2 Å². The molecule has 2 aromatic rings. The molecule has 1 aliphatic rings. The predicted octanol–water partition coefficient (Wildman–Crippen LogP) is 6.30. The summed E-state index contributed by atoms with van der Waals surface area (Å²) < 4.78 is 38.2. The van der Waals surface area contributed by atoms with Crippen molar-refractivity contribution in [2.75, 3.05) is 16.8 Å². The lowest BCUT2D eigenvalue weighted by atomic mass is 9.92. The van der Waals surface area contributed by atoms with Crippen LogP contribution in [0.2, 0.25) is 5.02 Å². The van der Waals surface area contributed by atoms with Gasteiger partial charge in [-0.05, 0) is 47.2 Å². The van der Waals surface area contributed by atoms with E-state index in [-0.39, 0.29) is 11.3 Å². The van der Waals surface area contributed by atoms with Gasteiger partial charge >= 0.3 is 6.18 Å². The van der Waals surface area contributed by atoms with Crippen LogP contribution < -0.4 is 10.2 Å². The molecule has 3 nitrogen and oxygen atoms in total. The molecule has 0 unspecified atom stereocenters. The topological polar surface area (TPSA) is 32.3 Å². The second-order valence-electron chi connectivity index (χ2n) is 8.58. The molecule has 1 amide bonds. The van der Waals surface area contributed by atoms with E-state index in [0.29, 0.717) is 23.7 Å². The largest absolute Gasteiger partial charge is 0.416 e. The number of amides is 1. The minimum absolute atomic E-state index is 0.0843. The highest BCUT2D eigenvalue weighted by atomic mass is 35.5. The first-order valence-corrected chi connectivity index (χ1v) is 9.84. The molecule has 1 N–H and O–H groups in total. The Morgan fingerprint density at radius 2 is 1.76 bits per heavy atom. The van der Waals surface area contributed by atoms with Gasteiger partial charge in [0.25, 0.3) is 0 Å². The molecule has 1 aliphatic heterocycles. The van der Waals surface area contributed by atoms with Gasteiger partial charge in [0.15, 0.2) is 0 Å². The molecule has 3 rings (SSSR count). The van der Waals surface area contributed by atoms with Crippen molar-refractivity contribution in [3.8, 4) is 0 Å². The van der Waals surface area contributed by atoms with E-state index >= 15 is 0 Å². The molecule has 1 heterocycles. The normalized spacial score (nSPS) is 14.1. The van der Waals surface area contributed by atoms with Crippen LogP contribution in [0, 0.1) is 5.41 Å². The molecule has 7 heteroatoms. The van der Waals surface area contributed by atoms with Gasteiger partial charge in [0.1, 0.15) is 0 Å². The highest BCUT2D eigenvalue weighted by Gasteiger charge is 2.30. The number of alkyl halides is 3. The molecule has 0 saturated carbocycles. The summed E-state index contributed by atoms with van der Waals surface area (Å²) in [5.41, 5.74) is 2.52. The number of halogens is 4. The number of nitrogens with zero attached hydrogens (tertiary/aromatic N) is 1. The van der Waals surface area contributed by atoms with Crippen molar-refractivity contribution in [2.45, 2.75) is 46.3 Å². The number of rotatable bonds is 4. The molecule has 0 aliphatic carbocycles. The zero-order valence-electron chi connectivity index (χ0n) is 16.7. The zero-order chi connectivity index (χ0) is 21.4. The van der Waals surface area contributed by atoms with Crippen LogP contribution in [0.5, 0.6) is 0 Å². The third kappa shape index (κ3) is 5.24. The van der Waals surface area contributed by atoms with Crippen molar-refractivity contribution in [3.63, 3.8) is 0 Å². The monoisotopic (exact) mass is 424 g/mol. The van der Waals surface area contributed by atoms with Gasteiger partial charge in [0, 0.05) is 25.2 Å². The van der Waals surface area contributed by atoms with Gasteiger partial charge in [-0.15, -0.1) is 0 Å². The molecule has 0 bridgehead atoms. The Morgan fingerprint density at radius 1 is 1.10 bits per heavy atom. The zero-order valence-corrected chi connectivity index (χ0v) is 17.4. The summed E-state index contributed by atoms with van der Waals surface area (Å²) in [4.78, 5) is 14.3. The summed E-state index contributed by atoms with van der Waals surface area (Å²) in [5.74, 6) is -0.0843. The SMILES string of the molecule is CC(C)(C)CC(=O)Nc1ccc2c(c1Cl)CCN2Cc1ccc(C(F)(F)F)cc1. The van der Waals surface area contributed by atoms with Crippen LogP contribution in [0.1, 0.15) is 43.9 Å². The average Bonchev–Trinajstić information content (AvgIpc) is 2.99. The number of hydrogen-bond donors (Lipinski definition) is 1. The van der Waals surface area contributed by atoms with E-state index in [1.54, 1.807) is 6.07 Å². The van der Waals surface area contributed by atoms with Gasteiger partial charge in [-0.25, -0.2) is 0 Å². The highest BCUT2D eigenvalue weighted by Crippen LogP contribution is 2.39. The first kappa shape index (κ1) is 21.5. The second-order valence-corrected chi connectivity index (χ2v) is 8.95. The summed E-state index contributed by atoms with van der Waals surface area (Å²) in [6.45, 7) is 7.20. The lowest BCUT2D eigenvalue weighted by Gasteiger charge is -2.21. The Labute approximate surface area is 173 Å². The summed E-state index contributed by atoms with van der Waals surface area (Å²) in [6.07, 6.45) is -3.22. The quantitative estimate of drug-likeness (QED) is 0.625. The minimum atomic E-state index is -4.33. The van der Waals surface area contributed by atoms with Crippen molar-refractivity contribution < 1.29 is 18.0 Å².